The van der Waals surface area contributed by atoms with Gasteiger partial charge in [-0.2, -0.15) is 0 Å². The number of hydrogen-bond donors (Lipinski definition) is 1. The van der Waals surface area contributed by atoms with Crippen LogP contribution >= 0.6 is 11.3 Å². The number of carbonyl (C=O) groups excluding carboxylic acids is 2. The molecule has 1 N–H and O–H groups in total. The van der Waals surface area contributed by atoms with Crippen molar-refractivity contribution in [3.05, 3.63) is 59.0 Å². The maximum Gasteiger partial charge on any atom is 0.341 e. The SMILES string of the molecule is CCOC(=O)c1c(-c2ccc(OCC)cc2)csc1NC(=O)CCc1ccc(OC)c(OC)c1. The van der Waals surface area contributed by atoms with Crippen molar-refractivity contribution in [2.45, 2.75) is 26.7 Å². The van der Waals surface area contributed by atoms with E-state index in [9.17, 15) is 9.59 Å². The molecule has 0 radical (unpaired) electrons. The van der Waals surface area contributed by atoms with Crippen molar-refractivity contribution in [2.75, 3.05) is 32.8 Å². The zero-order valence-corrected chi connectivity index (χ0v) is 20.6. The molecule has 0 spiro atoms. The third-order valence-electron chi connectivity index (χ3n) is 5.09. The van der Waals surface area contributed by atoms with Crippen LogP contribution in [0.4, 0.5) is 5.00 Å². The van der Waals surface area contributed by atoms with Crippen molar-refractivity contribution in [1.29, 1.82) is 0 Å². The monoisotopic (exact) mass is 483 g/mol. The van der Waals surface area contributed by atoms with Gasteiger partial charge in [0.05, 0.1) is 27.4 Å². The quantitative estimate of drug-likeness (QED) is 0.359. The Kier molecular flexibility index (Phi) is 8.93. The van der Waals surface area contributed by atoms with Crippen LogP contribution in [0.1, 0.15) is 36.2 Å². The van der Waals surface area contributed by atoms with E-state index in [1.807, 2.05) is 54.8 Å². The van der Waals surface area contributed by atoms with Crippen LogP contribution in [-0.2, 0) is 16.0 Å². The number of methoxy groups -OCH3 is 2. The Bertz CT molecular complexity index is 1120. The van der Waals surface area contributed by atoms with Crippen LogP contribution in [0.3, 0.4) is 0 Å². The molecule has 3 rings (SSSR count). The molecule has 34 heavy (non-hydrogen) atoms. The molecule has 0 saturated heterocycles. The Labute approximate surface area is 203 Å². The van der Waals surface area contributed by atoms with Crippen LogP contribution < -0.4 is 19.5 Å². The summed E-state index contributed by atoms with van der Waals surface area (Å²) in [6, 6.07) is 13.0. The Hall–Kier alpha value is -3.52. The van der Waals surface area contributed by atoms with E-state index in [1.54, 1.807) is 21.1 Å². The smallest absolute Gasteiger partial charge is 0.341 e. The highest BCUT2D eigenvalue weighted by molar-refractivity contribution is 7.15. The minimum absolute atomic E-state index is 0.194. The summed E-state index contributed by atoms with van der Waals surface area (Å²) in [6.07, 6.45) is 0.756. The highest BCUT2D eigenvalue weighted by Crippen LogP contribution is 2.37. The van der Waals surface area contributed by atoms with E-state index in [2.05, 4.69) is 5.32 Å². The van der Waals surface area contributed by atoms with E-state index < -0.39 is 5.97 Å². The first kappa shape index (κ1) is 25.1. The van der Waals surface area contributed by atoms with Gasteiger partial charge in [-0.05, 0) is 55.7 Å². The highest BCUT2D eigenvalue weighted by atomic mass is 32.1. The molecule has 180 valence electrons. The molecule has 1 heterocycles. The number of amides is 1. The molecule has 8 heteroatoms. The molecular weight excluding hydrogens is 454 g/mol. The molecule has 0 aliphatic heterocycles. The average molecular weight is 484 g/mol. The molecular formula is C26H29NO6S. The lowest BCUT2D eigenvalue weighted by Gasteiger charge is -2.11. The molecule has 1 aromatic heterocycles. The summed E-state index contributed by atoms with van der Waals surface area (Å²) >= 11 is 1.30. The Morgan fingerprint density at radius 3 is 2.32 bits per heavy atom. The molecule has 0 unspecified atom stereocenters. The second kappa shape index (κ2) is 12.1. The first-order chi connectivity index (χ1) is 16.5. The second-order valence-corrected chi connectivity index (χ2v) is 8.15. The second-order valence-electron chi connectivity index (χ2n) is 7.27. The fourth-order valence-electron chi connectivity index (χ4n) is 3.45. The summed E-state index contributed by atoms with van der Waals surface area (Å²) in [5.41, 5.74) is 2.85. The Morgan fingerprint density at radius 1 is 0.941 bits per heavy atom. The van der Waals surface area contributed by atoms with E-state index in [1.165, 1.54) is 11.3 Å². The van der Waals surface area contributed by atoms with Gasteiger partial charge in [0.15, 0.2) is 11.5 Å². The summed E-state index contributed by atoms with van der Waals surface area (Å²) < 4.78 is 21.4. The van der Waals surface area contributed by atoms with Gasteiger partial charge in [0, 0.05) is 17.4 Å². The van der Waals surface area contributed by atoms with Gasteiger partial charge in [0.2, 0.25) is 5.91 Å². The number of nitrogens with one attached hydrogen (secondary N) is 1. The third-order valence-corrected chi connectivity index (χ3v) is 5.98. The molecule has 0 atom stereocenters. The number of ether oxygens (including phenoxy) is 4. The zero-order valence-electron chi connectivity index (χ0n) is 19.8. The molecule has 0 aliphatic carbocycles. The van der Waals surface area contributed by atoms with E-state index in [0.29, 0.717) is 40.7 Å². The lowest BCUT2D eigenvalue weighted by atomic mass is 10.0. The summed E-state index contributed by atoms with van der Waals surface area (Å²) in [6.45, 7) is 4.49. The first-order valence-electron chi connectivity index (χ1n) is 11.0. The van der Waals surface area contributed by atoms with Crippen LogP contribution in [0, 0.1) is 0 Å². The summed E-state index contributed by atoms with van der Waals surface area (Å²) in [5.74, 6) is 1.34. The van der Waals surface area contributed by atoms with Crippen molar-refractivity contribution in [2.24, 2.45) is 0 Å². The van der Waals surface area contributed by atoms with Gasteiger partial charge in [-0.1, -0.05) is 18.2 Å². The number of rotatable bonds is 11. The number of anilines is 1. The van der Waals surface area contributed by atoms with E-state index in [4.69, 9.17) is 18.9 Å². The van der Waals surface area contributed by atoms with Crippen molar-refractivity contribution >= 4 is 28.2 Å². The fraction of sp³-hybridized carbons (Fsp3) is 0.308. The molecule has 7 nitrogen and oxygen atoms in total. The molecule has 0 saturated carbocycles. The van der Waals surface area contributed by atoms with Crippen LogP contribution in [0.5, 0.6) is 17.2 Å². The molecule has 3 aromatic rings. The highest BCUT2D eigenvalue weighted by Gasteiger charge is 2.23. The van der Waals surface area contributed by atoms with Crippen LogP contribution in [-0.4, -0.2) is 39.3 Å². The number of hydrogen-bond acceptors (Lipinski definition) is 7. The number of benzene rings is 2. The molecule has 1 amide bonds. The minimum atomic E-state index is -0.470. The van der Waals surface area contributed by atoms with Gasteiger partial charge in [0.1, 0.15) is 16.3 Å². The average Bonchev–Trinajstić information content (AvgIpc) is 3.26. The topological polar surface area (TPSA) is 83.1 Å². The van der Waals surface area contributed by atoms with Gasteiger partial charge in [-0.25, -0.2) is 4.79 Å². The van der Waals surface area contributed by atoms with Gasteiger partial charge < -0.3 is 24.3 Å². The Morgan fingerprint density at radius 2 is 1.68 bits per heavy atom. The maximum atomic E-state index is 12.8. The molecule has 0 fully saturated rings. The van der Waals surface area contributed by atoms with Crippen LogP contribution in [0.15, 0.2) is 47.8 Å². The lowest BCUT2D eigenvalue weighted by molar-refractivity contribution is -0.116. The van der Waals surface area contributed by atoms with Crippen molar-refractivity contribution in [3.8, 4) is 28.4 Å². The largest absolute Gasteiger partial charge is 0.494 e. The standard InChI is InChI=1S/C26H29NO6S/c1-5-32-19-11-9-18(10-12-19)20-16-34-25(24(20)26(29)33-6-2)27-23(28)14-8-17-7-13-21(30-3)22(15-17)31-4/h7,9-13,15-16H,5-6,8,14H2,1-4H3,(H,27,28). The number of esters is 1. The molecule has 2 aromatic carbocycles. The van der Waals surface area contributed by atoms with E-state index >= 15 is 0 Å². The van der Waals surface area contributed by atoms with Crippen molar-refractivity contribution < 1.29 is 28.5 Å². The summed E-state index contributed by atoms with van der Waals surface area (Å²) in [7, 11) is 3.15. The summed E-state index contributed by atoms with van der Waals surface area (Å²) in [4.78, 5) is 25.5. The lowest BCUT2D eigenvalue weighted by Crippen LogP contribution is -2.15. The molecule has 0 bridgehead atoms. The fourth-order valence-corrected chi connectivity index (χ4v) is 4.42. The number of carbonyl (C=O) groups is 2. The van der Waals surface area contributed by atoms with Crippen molar-refractivity contribution in [3.63, 3.8) is 0 Å². The number of aryl methyl sites for hydroxylation is 1. The van der Waals surface area contributed by atoms with Gasteiger partial charge in [0.25, 0.3) is 0 Å². The first-order valence-corrected chi connectivity index (χ1v) is 11.9. The summed E-state index contributed by atoms with van der Waals surface area (Å²) in [5, 5.41) is 5.22. The van der Waals surface area contributed by atoms with Crippen molar-refractivity contribution in [1.82, 2.24) is 0 Å². The van der Waals surface area contributed by atoms with Crippen LogP contribution in [0.25, 0.3) is 11.1 Å². The van der Waals surface area contributed by atoms with E-state index in [0.717, 1.165) is 16.9 Å². The predicted octanol–water partition coefficient (Wildman–Crippen LogP) is 5.58. The predicted molar refractivity (Wildman–Crippen MR) is 133 cm³/mol. The van der Waals surface area contributed by atoms with E-state index in [-0.39, 0.29) is 18.9 Å². The van der Waals surface area contributed by atoms with Gasteiger partial charge >= 0.3 is 5.97 Å². The normalized spacial score (nSPS) is 10.5. The Balaban J connectivity index is 1.77. The number of thiophene rings is 1. The third kappa shape index (κ3) is 6.08. The van der Waals surface area contributed by atoms with Gasteiger partial charge in [-0.15, -0.1) is 11.3 Å². The van der Waals surface area contributed by atoms with Crippen LogP contribution in [0.2, 0.25) is 0 Å². The minimum Gasteiger partial charge on any atom is -0.494 e. The molecule has 0 aliphatic rings. The van der Waals surface area contributed by atoms with Gasteiger partial charge in [-0.3, -0.25) is 4.79 Å². The zero-order chi connectivity index (χ0) is 24.5. The maximum absolute atomic E-state index is 12.8.